The molecule has 14 heteroatoms. The minimum Gasteiger partial charge on any atom is -0.461 e. The Kier molecular flexibility index (Phi) is 17.8. The summed E-state index contributed by atoms with van der Waals surface area (Å²) in [6.45, 7) is 23.2. The highest BCUT2D eigenvalue weighted by molar-refractivity contribution is 5.83. The second-order valence-corrected chi connectivity index (χ2v) is 17.2. The molecule has 0 aromatic rings. The van der Waals surface area contributed by atoms with Crippen molar-refractivity contribution in [3.8, 4) is 0 Å². The quantitative estimate of drug-likeness (QED) is 0.219. The summed E-state index contributed by atoms with van der Waals surface area (Å²) in [6.07, 6.45) is -6.84. The Morgan fingerprint density at radius 2 is 1.48 bits per heavy atom. The Bertz CT molecular complexity index is 1310. The van der Waals surface area contributed by atoms with E-state index in [1.54, 1.807) is 20.8 Å². The first-order chi connectivity index (χ1) is 26.1. The molecule has 3 rings (SSSR count). The number of ketones is 1. The summed E-state index contributed by atoms with van der Waals surface area (Å²) in [5.41, 5.74) is -0.994. The molecule has 0 aromatic carbocycles. The van der Waals surface area contributed by atoms with Crippen molar-refractivity contribution in [2.75, 3.05) is 14.2 Å². The molecule has 19 unspecified atom stereocenters. The van der Waals surface area contributed by atoms with Crippen LogP contribution in [0.2, 0.25) is 0 Å². The standard InChI is InChI=1S/C42H72O14/c1-16-20(2)35-25(7)37(52-29(11)43)24(6)33(45)21(3)17-22(4)36(56-41-34(46)31(48-14)18-23(5)50-41)26(8)38(27(9)40(47)55-35)54-32-19-42(13,49-15)39(28(10)51-32)53-30(12)44/h20-28,31-32,34-39,41,46H,16-19H2,1-15H3. The summed E-state index contributed by atoms with van der Waals surface area (Å²) in [4.78, 5) is 53.3. The molecule has 56 heavy (non-hydrogen) atoms. The summed E-state index contributed by atoms with van der Waals surface area (Å²) < 4.78 is 55.6. The molecule has 19 atom stereocenters. The SMILES string of the molecule is CCC(C)C1OC(=O)C(C)C(OC2CC(C)(OC)C(OC(C)=O)C(C)O2)C(C)C(OC2OC(C)CC(OC)C2O)C(C)CC(C)C(=O)C(C)C(OC(C)=O)C1C. The van der Waals surface area contributed by atoms with E-state index in [1.807, 2.05) is 55.4 Å². The van der Waals surface area contributed by atoms with E-state index in [9.17, 15) is 24.3 Å². The third-order valence-electron chi connectivity index (χ3n) is 12.6. The fraction of sp³-hybridized carbons (Fsp3) is 0.905. The minimum absolute atomic E-state index is 0.0957. The number of ether oxygens (including phenoxy) is 9. The van der Waals surface area contributed by atoms with Gasteiger partial charge in [-0.2, -0.15) is 0 Å². The van der Waals surface area contributed by atoms with Gasteiger partial charge in [-0.05, 0) is 46.0 Å². The molecule has 0 spiro atoms. The van der Waals surface area contributed by atoms with Crippen molar-refractivity contribution in [2.45, 2.75) is 189 Å². The summed E-state index contributed by atoms with van der Waals surface area (Å²) in [5, 5.41) is 11.4. The normalized spacial score (nSPS) is 43.9. The number of Topliss-reactive ketones (excluding diaryl/α,β-unsaturated/α-hetero) is 1. The van der Waals surface area contributed by atoms with Crippen LogP contribution < -0.4 is 0 Å². The summed E-state index contributed by atoms with van der Waals surface area (Å²) in [7, 11) is 3.07. The Morgan fingerprint density at radius 1 is 0.857 bits per heavy atom. The third kappa shape index (κ3) is 11.5. The zero-order valence-electron chi connectivity index (χ0n) is 36.5. The molecule has 324 valence electrons. The van der Waals surface area contributed by atoms with E-state index >= 15 is 0 Å². The first-order valence-electron chi connectivity index (χ1n) is 20.6. The molecule has 0 bridgehead atoms. The van der Waals surface area contributed by atoms with Crippen LogP contribution >= 0.6 is 0 Å². The summed E-state index contributed by atoms with van der Waals surface area (Å²) >= 11 is 0. The molecule has 3 heterocycles. The lowest BCUT2D eigenvalue weighted by atomic mass is 9.75. The minimum atomic E-state index is -1.12. The molecule has 1 N–H and O–H groups in total. The number of methoxy groups -OCH3 is 2. The summed E-state index contributed by atoms with van der Waals surface area (Å²) in [5.74, 6) is -5.31. The molecule has 3 aliphatic heterocycles. The largest absolute Gasteiger partial charge is 0.461 e. The molecule has 0 saturated carbocycles. The van der Waals surface area contributed by atoms with E-state index in [2.05, 4.69) is 0 Å². The van der Waals surface area contributed by atoms with E-state index in [1.165, 1.54) is 28.1 Å². The number of aliphatic hydroxyl groups is 1. The molecule has 3 saturated heterocycles. The zero-order chi connectivity index (χ0) is 42.4. The van der Waals surface area contributed by atoms with E-state index in [-0.39, 0.29) is 30.1 Å². The van der Waals surface area contributed by atoms with Crippen LogP contribution in [0.15, 0.2) is 0 Å². The van der Waals surface area contributed by atoms with Crippen molar-refractivity contribution < 1.29 is 66.9 Å². The van der Waals surface area contributed by atoms with Gasteiger partial charge in [-0.15, -0.1) is 0 Å². The number of hydrogen-bond acceptors (Lipinski definition) is 14. The van der Waals surface area contributed by atoms with Gasteiger partial charge < -0.3 is 47.7 Å². The van der Waals surface area contributed by atoms with Gasteiger partial charge in [0.1, 0.15) is 29.7 Å². The van der Waals surface area contributed by atoms with Crippen molar-refractivity contribution >= 4 is 23.7 Å². The van der Waals surface area contributed by atoms with Crippen molar-refractivity contribution in [3.63, 3.8) is 0 Å². The van der Waals surface area contributed by atoms with Crippen LogP contribution in [-0.2, 0) is 61.8 Å². The molecule has 0 aliphatic carbocycles. The molecule has 0 radical (unpaired) electrons. The van der Waals surface area contributed by atoms with E-state index < -0.39 is 115 Å². The maximum atomic E-state index is 14.5. The number of carbonyl (C=O) groups is 4. The predicted molar refractivity (Wildman–Crippen MR) is 205 cm³/mol. The van der Waals surface area contributed by atoms with E-state index in [4.69, 9.17) is 42.6 Å². The van der Waals surface area contributed by atoms with Crippen molar-refractivity contribution in [3.05, 3.63) is 0 Å². The van der Waals surface area contributed by atoms with Crippen LogP contribution in [0.4, 0.5) is 0 Å². The van der Waals surface area contributed by atoms with Crippen molar-refractivity contribution in [1.82, 2.24) is 0 Å². The monoisotopic (exact) mass is 800 g/mol. The first kappa shape index (κ1) is 48.2. The molecular formula is C42H72O14. The zero-order valence-corrected chi connectivity index (χ0v) is 36.5. The predicted octanol–water partition coefficient (Wildman–Crippen LogP) is 5.42. The number of cyclic esters (lactones) is 1. The molecule has 3 aliphatic rings. The number of hydrogen-bond donors (Lipinski definition) is 1. The van der Waals surface area contributed by atoms with Crippen LogP contribution in [0.3, 0.4) is 0 Å². The number of aliphatic hydroxyl groups excluding tert-OH is 1. The van der Waals surface area contributed by atoms with Crippen LogP contribution in [0, 0.1) is 41.4 Å². The van der Waals surface area contributed by atoms with Gasteiger partial charge in [0.2, 0.25) is 0 Å². The van der Waals surface area contributed by atoms with Gasteiger partial charge in [-0.25, -0.2) is 0 Å². The highest BCUT2D eigenvalue weighted by Gasteiger charge is 2.52. The maximum Gasteiger partial charge on any atom is 0.311 e. The molecule has 3 fully saturated rings. The fourth-order valence-electron chi connectivity index (χ4n) is 9.14. The number of esters is 3. The molecule has 0 aromatic heterocycles. The molecule has 0 amide bonds. The van der Waals surface area contributed by atoms with Crippen LogP contribution in [-0.4, -0.2) is 116 Å². The Labute approximate surface area is 334 Å². The molecule has 14 nitrogen and oxygen atoms in total. The number of carbonyl (C=O) groups excluding carboxylic acids is 4. The average Bonchev–Trinajstić information content (AvgIpc) is 3.14. The fourth-order valence-corrected chi connectivity index (χ4v) is 9.14. The van der Waals surface area contributed by atoms with Gasteiger partial charge in [0.25, 0.3) is 0 Å². The van der Waals surface area contributed by atoms with E-state index in [0.717, 1.165) is 0 Å². The van der Waals surface area contributed by atoms with Gasteiger partial charge in [0, 0.05) is 58.7 Å². The van der Waals surface area contributed by atoms with Gasteiger partial charge in [-0.3, -0.25) is 19.2 Å². The Hall–Kier alpha value is -2.20. The van der Waals surface area contributed by atoms with Crippen molar-refractivity contribution in [1.29, 1.82) is 0 Å². The second kappa shape index (κ2) is 20.7. The Balaban J connectivity index is 2.19. The average molecular weight is 801 g/mol. The highest BCUT2D eigenvalue weighted by atomic mass is 16.7. The summed E-state index contributed by atoms with van der Waals surface area (Å²) in [6, 6.07) is 0. The van der Waals surface area contributed by atoms with Crippen LogP contribution in [0.25, 0.3) is 0 Å². The van der Waals surface area contributed by atoms with Gasteiger partial charge in [0.05, 0.1) is 42.4 Å². The smallest absolute Gasteiger partial charge is 0.311 e. The Morgan fingerprint density at radius 3 is 2.04 bits per heavy atom. The first-order valence-corrected chi connectivity index (χ1v) is 20.6. The maximum absolute atomic E-state index is 14.5. The van der Waals surface area contributed by atoms with Gasteiger partial charge in [-0.1, -0.05) is 54.9 Å². The van der Waals surface area contributed by atoms with Crippen LogP contribution in [0.5, 0.6) is 0 Å². The lowest BCUT2D eigenvalue weighted by Gasteiger charge is -2.48. The number of rotatable bonds is 10. The topological polar surface area (TPSA) is 172 Å². The lowest BCUT2D eigenvalue weighted by molar-refractivity contribution is -0.313. The van der Waals surface area contributed by atoms with Crippen molar-refractivity contribution in [2.24, 2.45) is 41.4 Å². The third-order valence-corrected chi connectivity index (χ3v) is 12.6. The second-order valence-electron chi connectivity index (χ2n) is 17.2. The van der Waals surface area contributed by atoms with Gasteiger partial charge >= 0.3 is 17.9 Å². The van der Waals surface area contributed by atoms with Crippen LogP contribution in [0.1, 0.15) is 116 Å². The molecular weight excluding hydrogens is 728 g/mol. The van der Waals surface area contributed by atoms with Gasteiger partial charge in [0.15, 0.2) is 18.7 Å². The van der Waals surface area contributed by atoms with E-state index in [0.29, 0.717) is 19.3 Å². The lowest BCUT2D eigenvalue weighted by Crippen LogP contribution is -2.59. The highest BCUT2D eigenvalue weighted by Crippen LogP contribution is 2.40.